The average molecular weight is 515 g/mol. The van der Waals surface area contributed by atoms with Crippen molar-refractivity contribution in [2.75, 3.05) is 39.5 Å². The Kier molecular flexibility index (Phi) is 7.36. The Balaban J connectivity index is 1.26. The number of aliphatic hydroxyl groups is 1. The fourth-order valence-corrected chi connectivity index (χ4v) is 4.96. The highest BCUT2D eigenvalue weighted by Gasteiger charge is 2.39. The van der Waals surface area contributed by atoms with Crippen LogP contribution in [0.1, 0.15) is 42.9 Å². The molecular formula is C29H34N6O3. The van der Waals surface area contributed by atoms with E-state index in [4.69, 9.17) is 10.5 Å². The van der Waals surface area contributed by atoms with Crippen molar-refractivity contribution in [1.29, 1.82) is 0 Å². The zero-order chi connectivity index (χ0) is 26.7. The molecule has 1 atom stereocenters. The molecule has 3 aromatic rings. The molecule has 1 aromatic carbocycles. The third kappa shape index (κ3) is 5.67. The molecule has 4 heterocycles. The van der Waals surface area contributed by atoms with Gasteiger partial charge in [-0.2, -0.15) is 5.10 Å². The maximum absolute atomic E-state index is 12.4. The van der Waals surface area contributed by atoms with Crippen molar-refractivity contribution in [3.05, 3.63) is 60.0 Å². The summed E-state index contributed by atoms with van der Waals surface area (Å²) in [4.78, 5) is 20.6. The molecule has 2 saturated heterocycles. The van der Waals surface area contributed by atoms with E-state index in [2.05, 4.69) is 44.7 Å². The summed E-state index contributed by atoms with van der Waals surface area (Å²) in [7, 11) is 3.84. The van der Waals surface area contributed by atoms with Crippen LogP contribution >= 0.6 is 0 Å². The van der Waals surface area contributed by atoms with E-state index in [0.717, 1.165) is 49.0 Å². The monoisotopic (exact) mass is 514 g/mol. The lowest BCUT2D eigenvalue weighted by Crippen LogP contribution is -2.51. The molecule has 3 N–H and O–H groups in total. The van der Waals surface area contributed by atoms with E-state index >= 15 is 0 Å². The second-order valence-corrected chi connectivity index (χ2v) is 10.3. The fraction of sp³-hybridized carbons (Fsp3) is 0.414. The number of hydrogen-bond acceptors (Lipinski definition) is 7. The van der Waals surface area contributed by atoms with Crippen molar-refractivity contribution in [2.45, 2.75) is 43.9 Å². The Bertz CT molecular complexity index is 1370. The first kappa shape index (κ1) is 25.8. The number of nitrogens with two attached hydrogens (primary N) is 1. The topological polar surface area (TPSA) is 110 Å². The summed E-state index contributed by atoms with van der Waals surface area (Å²) in [6.45, 7) is 3.05. The van der Waals surface area contributed by atoms with Gasteiger partial charge in [-0.15, -0.1) is 0 Å². The van der Waals surface area contributed by atoms with Gasteiger partial charge >= 0.3 is 0 Å². The first-order valence-electron chi connectivity index (χ1n) is 13.0. The van der Waals surface area contributed by atoms with Gasteiger partial charge in [0.1, 0.15) is 6.61 Å². The van der Waals surface area contributed by atoms with Crippen molar-refractivity contribution in [2.24, 2.45) is 0 Å². The zero-order valence-electron chi connectivity index (χ0n) is 21.9. The molecule has 1 amide bonds. The van der Waals surface area contributed by atoms with Crippen molar-refractivity contribution in [3.8, 4) is 28.7 Å². The first-order chi connectivity index (χ1) is 18.3. The number of carbonyl (C=O) groups excluding carboxylic acids is 1. The van der Waals surface area contributed by atoms with Crippen LogP contribution in [0, 0.1) is 11.8 Å². The molecule has 0 bridgehead atoms. The highest BCUT2D eigenvalue weighted by molar-refractivity contribution is 5.89. The van der Waals surface area contributed by atoms with Gasteiger partial charge in [-0.3, -0.25) is 9.48 Å². The highest BCUT2D eigenvalue weighted by atomic mass is 16.5. The predicted molar refractivity (Wildman–Crippen MR) is 145 cm³/mol. The lowest BCUT2D eigenvalue weighted by molar-refractivity contribution is -0.148. The second kappa shape index (κ2) is 10.9. The lowest BCUT2D eigenvalue weighted by atomic mass is 9.92. The highest BCUT2D eigenvalue weighted by Crippen LogP contribution is 2.29. The molecule has 198 valence electrons. The van der Waals surface area contributed by atoms with Crippen LogP contribution in [0.5, 0.6) is 5.75 Å². The Morgan fingerprint density at radius 2 is 1.97 bits per heavy atom. The van der Waals surface area contributed by atoms with Crippen LogP contribution in [0.25, 0.3) is 11.1 Å². The van der Waals surface area contributed by atoms with E-state index in [1.165, 1.54) is 4.90 Å². The van der Waals surface area contributed by atoms with Crippen LogP contribution in [0.3, 0.4) is 0 Å². The minimum Gasteiger partial charge on any atom is -0.485 e. The normalized spacial score (nSPS) is 20.7. The fourth-order valence-electron chi connectivity index (χ4n) is 4.96. The molecule has 5 rings (SSSR count). The molecule has 0 aliphatic carbocycles. The van der Waals surface area contributed by atoms with Crippen molar-refractivity contribution in [1.82, 2.24) is 24.6 Å². The summed E-state index contributed by atoms with van der Waals surface area (Å²) < 4.78 is 8.10. The van der Waals surface area contributed by atoms with Gasteiger partial charge in [0.15, 0.2) is 11.6 Å². The minimum atomic E-state index is -1.64. The number of benzene rings is 1. The molecule has 1 unspecified atom stereocenters. The molecular weight excluding hydrogens is 480 g/mol. The van der Waals surface area contributed by atoms with Gasteiger partial charge in [0.25, 0.3) is 5.91 Å². The quantitative estimate of drug-likeness (QED) is 0.504. The van der Waals surface area contributed by atoms with Crippen LogP contribution in [-0.2, 0) is 11.4 Å². The summed E-state index contributed by atoms with van der Waals surface area (Å²) in [5.74, 6) is 6.22. The standard InChI is InChI=1S/C29H34N6O3/c1-33-13-8-25(9-14-33)35-19-24(18-32-35)23-16-26(27(30)31-17-23)38-20-22-6-3-5-21(15-22)7-11-29(37)10-4-12-34(2)28(29)36/h3,5-6,15-19,25,37H,4,8-10,12-14,20H2,1-2H3,(H2,30,31). The zero-order valence-corrected chi connectivity index (χ0v) is 21.9. The van der Waals surface area contributed by atoms with E-state index in [0.29, 0.717) is 36.1 Å². The molecule has 0 saturated carbocycles. The van der Waals surface area contributed by atoms with Crippen LogP contribution in [0.4, 0.5) is 5.82 Å². The van der Waals surface area contributed by atoms with Gasteiger partial charge in [0.2, 0.25) is 5.60 Å². The summed E-state index contributed by atoms with van der Waals surface area (Å²) in [6, 6.07) is 9.82. The van der Waals surface area contributed by atoms with E-state index in [-0.39, 0.29) is 12.5 Å². The number of likely N-dealkylation sites (N-methyl/N-ethyl adjacent to an activating group) is 1. The third-order valence-corrected chi connectivity index (χ3v) is 7.35. The number of nitrogens with zero attached hydrogens (tertiary/aromatic N) is 5. The minimum absolute atomic E-state index is 0.269. The molecule has 0 radical (unpaired) electrons. The summed E-state index contributed by atoms with van der Waals surface area (Å²) in [6.07, 6.45) is 8.89. The maximum atomic E-state index is 12.4. The molecule has 2 aromatic heterocycles. The molecule has 2 aliphatic rings. The smallest absolute Gasteiger partial charge is 0.267 e. The van der Waals surface area contributed by atoms with Crippen LogP contribution in [0.15, 0.2) is 48.9 Å². The average Bonchev–Trinajstić information content (AvgIpc) is 3.41. The number of piperidine rings is 2. The number of ether oxygens (including phenoxy) is 1. The molecule has 2 fully saturated rings. The van der Waals surface area contributed by atoms with Gasteiger partial charge in [-0.1, -0.05) is 24.0 Å². The Labute approximate surface area is 223 Å². The summed E-state index contributed by atoms with van der Waals surface area (Å²) >= 11 is 0. The van der Waals surface area contributed by atoms with E-state index in [1.807, 2.05) is 36.5 Å². The van der Waals surface area contributed by atoms with Gasteiger partial charge in [0.05, 0.1) is 12.2 Å². The summed E-state index contributed by atoms with van der Waals surface area (Å²) in [5.41, 5.74) is 7.93. The molecule has 38 heavy (non-hydrogen) atoms. The third-order valence-electron chi connectivity index (χ3n) is 7.35. The van der Waals surface area contributed by atoms with Gasteiger partial charge in [0, 0.05) is 42.7 Å². The van der Waals surface area contributed by atoms with Crippen molar-refractivity contribution < 1.29 is 14.6 Å². The van der Waals surface area contributed by atoms with Crippen molar-refractivity contribution in [3.63, 3.8) is 0 Å². The number of anilines is 1. The molecule has 9 nitrogen and oxygen atoms in total. The van der Waals surface area contributed by atoms with Gasteiger partial charge < -0.3 is 25.4 Å². The van der Waals surface area contributed by atoms with Gasteiger partial charge in [-0.05, 0) is 69.6 Å². The Morgan fingerprint density at radius 1 is 1.16 bits per heavy atom. The van der Waals surface area contributed by atoms with E-state index in [9.17, 15) is 9.90 Å². The lowest BCUT2D eigenvalue weighted by Gasteiger charge is -2.32. The molecule has 2 aliphatic heterocycles. The number of pyridine rings is 1. The largest absolute Gasteiger partial charge is 0.485 e. The van der Waals surface area contributed by atoms with Crippen LogP contribution in [-0.4, -0.2) is 74.9 Å². The second-order valence-electron chi connectivity index (χ2n) is 10.3. The molecule has 0 spiro atoms. The first-order valence-corrected chi connectivity index (χ1v) is 13.0. The number of nitrogen functional groups attached to an aromatic ring is 1. The number of hydrogen-bond donors (Lipinski definition) is 2. The number of carbonyl (C=O) groups is 1. The SMILES string of the molecule is CN1CCC(n2cc(-c3cnc(N)c(OCc4cccc(C#CC5(O)CCCN(C)C5=O)c4)c3)cn2)CC1. The van der Waals surface area contributed by atoms with Gasteiger partial charge in [-0.25, -0.2) is 4.98 Å². The molecule has 9 heteroatoms. The Morgan fingerprint density at radius 3 is 2.79 bits per heavy atom. The maximum Gasteiger partial charge on any atom is 0.267 e. The number of rotatable bonds is 5. The summed E-state index contributed by atoms with van der Waals surface area (Å²) in [5, 5.41) is 15.3. The number of aromatic nitrogens is 3. The van der Waals surface area contributed by atoms with Crippen molar-refractivity contribution >= 4 is 11.7 Å². The van der Waals surface area contributed by atoms with Crippen LogP contribution in [0.2, 0.25) is 0 Å². The van der Waals surface area contributed by atoms with Crippen LogP contribution < -0.4 is 10.5 Å². The number of amides is 1. The van der Waals surface area contributed by atoms with E-state index in [1.54, 1.807) is 13.2 Å². The Hall–Kier alpha value is -3.87. The number of likely N-dealkylation sites (tertiary alicyclic amines) is 2. The predicted octanol–water partition coefficient (Wildman–Crippen LogP) is 2.71. The van der Waals surface area contributed by atoms with E-state index < -0.39 is 5.60 Å².